The second-order valence-electron chi connectivity index (χ2n) is 12.5. The van der Waals surface area contributed by atoms with Gasteiger partial charge in [0.2, 0.25) is 0 Å². The van der Waals surface area contributed by atoms with Crippen LogP contribution in [0.15, 0.2) is 24.3 Å². The number of amides is 4. The second kappa shape index (κ2) is 12.2. The molecule has 6 rings (SSSR count). The monoisotopic (exact) mass is 682 g/mol. The molecule has 2 saturated carbocycles. The first-order chi connectivity index (χ1) is 22.6. The highest BCUT2D eigenvalue weighted by molar-refractivity contribution is 6.33. The topological polar surface area (TPSA) is 127 Å². The standard InChI is InChI=1S/C32H28F6N2O8/c33-31(34,35)13-47-29(45)15-1-5-17(6-2-15)39-25(41)19-9-11-21-24-22(12-10-20(23(19)24)26(39)42)28(44)40(27(21)43)18-7-3-16(4-8-18)30(46)48-14-32(36,37)38/h9-12,15-18H,1-8,13-14H2. The lowest BCUT2D eigenvalue weighted by atomic mass is 9.81. The van der Waals surface area contributed by atoms with Crippen LogP contribution < -0.4 is 0 Å². The molecule has 0 saturated heterocycles. The molecule has 4 aliphatic rings. The van der Waals surface area contributed by atoms with Gasteiger partial charge in [0.05, 0.1) is 11.8 Å². The van der Waals surface area contributed by atoms with Crippen molar-refractivity contribution in [3.63, 3.8) is 0 Å². The Morgan fingerprint density at radius 2 is 0.812 bits per heavy atom. The summed E-state index contributed by atoms with van der Waals surface area (Å²) in [6.07, 6.45) is -8.27. The molecule has 0 bridgehead atoms. The molecule has 2 aromatic rings. The van der Waals surface area contributed by atoms with Crippen molar-refractivity contribution in [1.29, 1.82) is 0 Å². The molecule has 2 aliphatic carbocycles. The summed E-state index contributed by atoms with van der Waals surface area (Å²) in [5.74, 6) is -6.28. The summed E-state index contributed by atoms with van der Waals surface area (Å²) in [4.78, 5) is 81.4. The predicted molar refractivity (Wildman–Crippen MR) is 150 cm³/mol. The fraction of sp³-hybridized carbons (Fsp3) is 0.500. The molecule has 16 heteroatoms. The third-order valence-electron chi connectivity index (χ3n) is 9.50. The highest BCUT2D eigenvalue weighted by Gasteiger charge is 2.45. The first-order valence-corrected chi connectivity index (χ1v) is 15.4. The molecule has 0 spiro atoms. The van der Waals surface area contributed by atoms with Crippen LogP contribution in [0.25, 0.3) is 10.8 Å². The van der Waals surface area contributed by atoms with Gasteiger partial charge in [-0.1, -0.05) is 0 Å². The third kappa shape index (κ3) is 6.12. The number of carbonyl (C=O) groups excluding carboxylic acids is 6. The van der Waals surface area contributed by atoms with Crippen molar-refractivity contribution in [2.45, 2.75) is 75.8 Å². The van der Waals surface area contributed by atoms with Crippen molar-refractivity contribution >= 4 is 46.3 Å². The molecule has 2 aromatic carbocycles. The van der Waals surface area contributed by atoms with E-state index in [1.54, 1.807) is 0 Å². The van der Waals surface area contributed by atoms with Crippen LogP contribution >= 0.6 is 0 Å². The van der Waals surface area contributed by atoms with Gasteiger partial charge in [0.1, 0.15) is 0 Å². The number of ether oxygens (including phenoxy) is 2. The molecule has 256 valence electrons. The lowest BCUT2D eigenvalue weighted by molar-refractivity contribution is -0.190. The molecule has 48 heavy (non-hydrogen) atoms. The van der Waals surface area contributed by atoms with Crippen molar-refractivity contribution in [1.82, 2.24) is 9.80 Å². The van der Waals surface area contributed by atoms with E-state index in [9.17, 15) is 55.1 Å². The number of benzene rings is 2. The minimum absolute atomic E-state index is 0.0869. The van der Waals surface area contributed by atoms with Crippen molar-refractivity contribution in [3.8, 4) is 0 Å². The van der Waals surface area contributed by atoms with E-state index in [4.69, 9.17) is 0 Å². The van der Waals surface area contributed by atoms with Crippen molar-refractivity contribution < 1.29 is 64.6 Å². The Balaban J connectivity index is 1.18. The van der Waals surface area contributed by atoms with Crippen LogP contribution in [0, 0.1) is 11.8 Å². The number of nitrogens with zero attached hydrogens (tertiary/aromatic N) is 2. The van der Waals surface area contributed by atoms with Crippen LogP contribution in [0.1, 0.15) is 92.8 Å². The molecule has 4 amide bonds. The van der Waals surface area contributed by atoms with Gasteiger partial charge in [-0.25, -0.2) is 0 Å². The molecule has 0 N–H and O–H groups in total. The van der Waals surface area contributed by atoms with E-state index in [0.717, 1.165) is 9.80 Å². The molecule has 0 unspecified atom stereocenters. The van der Waals surface area contributed by atoms with Crippen LogP contribution in [0.4, 0.5) is 26.3 Å². The smallest absolute Gasteiger partial charge is 0.422 e. The van der Waals surface area contributed by atoms with Crippen LogP contribution in [0.3, 0.4) is 0 Å². The SMILES string of the molecule is O=C(OCC(F)(F)F)C1CCC(N2C(=O)c3ccc4c5c(ccc(c35)C2=O)C(=O)N(C2CCC(C(=O)OCC(F)(F)F)CC2)C4=O)CC1. The predicted octanol–water partition coefficient (Wildman–Crippen LogP) is 5.36. The first kappa shape index (κ1) is 33.4. The third-order valence-corrected chi connectivity index (χ3v) is 9.50. The van der Waals surface area contributed by atoms with E-state index < -0.39 is 85.1 Å². The Morgan fingerprint density at radius 1 is 0.542 bits per heavy atom. The largest absolute Gasteiger partial charge is 0.456 e. The summed E-state index contributed by atoms with van der Waals surface area (Å²) >= 11 is 0. The summed E-state index contributed by atoms with van der Waals surface area (Å²) in [6.45, 7) is -3.40. The highest BCUT2D eigenvalue weighted by Crippen LogP contribution is 2.42. The minimum atomic E-state index is -4.66. The van der Waals surface area contributed by atoms with Gasteiger partial charge < -0.3 is 9.47 Å². The molecule has 2 fully saturated rings. The van der Waals surface area contributed by atoms with Gasteiger partial charge in [0.15, 0.2) is 13.2 Å². The van der Waals surface area contributed by atoms with Gasteiger partial charge in [0.25, 0.3) is 23.6 Å². The lowest BCUT2D eigenvalue weighted by Gasteiger charge is -2.39. The zero-order chi connectivity index (χ0) is 34.7. The van der Waals surface area contributed by atoms with Crippen molar-refractivity contribution in [3.05, 3.63) is 46.5 Å². The highest BCUT2D eigenvalue weighted by atomic mass is 19.4. The first-order valence-electron chi connectivity index (χ1n) is 15.4. The van der Waals surface area contributed by atoms with E-state index in [1.165, 1.54) is 24.3 Å². The summed E-state index contributed by atoms with van der Waals surface area (Å²) < 4.78 is 83.5. The van der Waals surface area contributed by atoms with Crippen LogP contribution in [-0.2, 0) is 19.1 Å². The number of rotatable bonds is 6. The fourth-order valence-electron chi connectivity index (χ4n) is 7.26. The number of alkyl halides is 6. The summed E-state index contributed by atoms with van der Waals surface area (Å²) in [7, 11) is 0. The van der Waals surface area contributed by atoms with Gasteiger partial charge in [-0.05, 0) is 75.6 Å². The summed E-state index contributed by atoms with van der Waals surface area (Å²) in [6, 6.07) is 4.29. The number of imide groups is 2. The van der Waals surface area contributed by atoms with Crippen LogP contribution in [0.5, 0.6) is 0 Å². The Bertz CT molecular complexity index is 1530. The zero-order valence-corrected chi connectivity index (χ0v) is 25.1. The number of hydrogen-bond acceptors (Lipinski definition) is 8. The van der Waals surface area contributed by atoms with Crippen LogP contribution in [-0.4, -0.2) is 83.0 Å². The normalized spacial score (nSPS) is 24.6. The second-order valence-corrected chi connectivity index (χ2v) is 12.5. The van der Waals surface area contributed by atoms with Gasteiger partial charge in [-0.2, -0.15) is 26.3 Å². The minimum Gasteiger partial charge on any atom is -0.456 e. The average Bonchev–Trinajstić information content (AvgIpc) is 3.04. The van der Waals surface area contributed by atoms with E-state index in [1.807, 2.05) is 0 Å². The Labute approximate surface area is 268 Å². The Kier molecular flexibility index (Phi) is 8.48. The molecule has 0 radical (unpaired) electrons. The molecule has 2 aliphatic heterocycles. The number of carbonyl (C=O) groups is 6. The number of hydrogen-bond donors (Lipinski definition) is 0. The van der Waals surface area contributed by atoms with Gasteiger partial charge >= 0.3 is 24.3 Å². The molecule has 0 aromatic heterocycles. The van der Waals surface area contributed by atoms with Gasteiger partial charge in [-0.15, -0.1) is 0 Å². The fourth-order valence-corrected chi connectivity index (χ4v) is 7.26. The zero-order valence-electron chi connectivity index (χ0n) is 25.1. The Morgan fingerprint density at radius 3 is 1.06 bits per heavy atom. The summed E-state index contributed by atoms with van der Waals surface area (Å²) in [5.41, 5.74) is 0.348. The van der Waals surface area contributed by atoms with Gasteiger partial charge in [0, 0.05) is 45.1 Å². The molecule has 10 nitrogen and oxygen atoms in total. The van der Waals surface area contributed by atoms with E-state index in [0.29, 0.717) is 0 Å². The maximum absolute atomic E-state index is 13.7. The quantitative estimate of drug-likeness (QED) is 0.227. The lowest BCUT2D eigenvalue weighted by Crippen LogP contribution is -2.50. The maximum atomic E-state index is 13.7. The molecular formula is C32H28F6N2O8. The van der Waals surface area contributed by atoms with E-state index >= 15 is 0 Å². The summed E-state index contributed by atoms with van der Waals surface area (Å²) in [5, 5.41) is 0.302. The number of halogens is 6. The van der Waals surface area contributed by atoms with E-state index in [-0.39, 0.29) is 84.4 Å². The van der Waals surface area contributed by atoms with Crippen molar-refractivity contribution in [2.75, 3.05) is 13.2 Å². The van der Waals surface area contributed by atoms with Crippen molar-refractivity contribution in [2.24, 2.45) is 11.8 Å². The maximum Gasteiger partial charge on any atom is 0.422 e. The molecule has 2 heterocycles. The average molecular weight is 683 g/mol. The van der Waals surface area contributed by atoms with Crippen LogP contribution in [0.2, 0.25) is 0 Å². The molecule has 0 atom stereocenters. The van der Waals surface area contributed by atoms with Gasteiger partial charge in [-0.3, -0.25) is 38.6 Å². The number of esters is 2. The Hall–Kier alpha value is -4.50. The molecular weight excluding hydrogens is 654 g/mol. The van der Waals surface area contributed by atoms with E-state index in [2.05, 4.69) is 9.47 Å².